The highest BCUT2D eigenvalue weighted by Gasteiger charge is 2.17. The van der Waals surface area contributed by atoms with Crippen LogP contribution in [-0.4, -0.2) is 13.4 Å². The minimum Gasteiger partial charge on any atom is -0.398 e. The van der Waals surface area contributed by atoms with Crippen LogP contribution in [0.25, 0.3) is 0 Å². The van der Waals surface area contributed by atoms with Crippen molar-refractivity contribution in [3.8, 4) is 0 Å². The first-order valence-corrected chi connectivity index (χ1v) is 7.64. The molecule has 0 aliphatic carbocycles. The number of nitrogens with one attached hydrogen (secondary N) is 1. The lowest BCUT2D eigenvalue weighted by atomic mass is 10.1. The third-order valence-electron chi connectivity index (χ3n) is 3.04. The average molecular weight is 291 g/mol. The van der Waals surface area contributed by atoms with E-state index >= 15 is 0 Å². The van der Waals surface area contributed by atoms with Gasteiger partial charge in [-0.1, -0.05) is 12.1 Å². The summed E-state index contributed by atoms with van der Waals surface area (Å²) in [5.74, 6) is 0. The number of nitrogens with two attached hydrogens (primary N) is 1. The minimum absolute atomic E-state index is 0.198. The molecule has 3 N–H and O–H groups in total. The molecule has 1 aromatic carbocycles. The Morgan fingerprint density at radius 1 is 1.25 bits per heavy atom. The molecular formula is C14H17N3O2S. The Balaban J connectivity index is 2.25. The van der Waals surface area contributed by atoms with Gasteiger partial charge in [0.1, 0.15) is 0 Å². The Hall–Kier alpha value is -1.92. The maximum Gasteiger partial charge on any atom is 0.241 e. The molecule has 0 aliphatic heterocycles. The Bertz CT molecular complexity index is 713. The Kier molecular flexibility index (Phi) is 4.06. The van der Waals surface area contributed by atoms with Crippen molar-refractivity contribution in [3.05, 3.63) is 53.3 Å². The van der Waals surface area contributed by atoms with Crippen LogP contribution in [0.1, 0.15) is 16.7 Å². The fourth-order valence-corrected chi connectivity index (χ4v) is 3.17. The van der Waals surface area contributed by atoms with Crippen LogP contribution in [-0.2, 0) is 16.6 Å². The molecule has 0 amide bonds. The number of pyridine rings is 1. The second-order valence-corrected chi connectivity index (χ2v) is 6.40. The SMILES string of the molecule is Cc1cc(C)c(S(=O)(=O)NCc2cccnc2)cc1N. The largest absolute Gasteiger partial charge is 0.398 e. The van der Waals surface area contributed by atoms with Gasteiger partial charge < -0.3 is 5.73 Å². The standard InChI is InChI=1S/C14H17N3O2S/c1-10-6-11(2)14(7-13(10)15)20(18,19)17-9-12-4-3-5-16-8-12/h3-8,17H,9,15H2,1-2H3. The molecule has 1 heterocycles. The normalized spacial score (nSPS) is 11.5. The van der Waals surface area contributed by atoms with Crippen LogP contribution in [0, 0.1) is 13.8 Å². The van der Waals surface area contributed by atoms with Crippen molar-refractivity contribution < 1.29 is 8.42 Å². The summed E-state index contributed by atoms with van der Waals surface area (Å²) in [6.45, 7) is 3.80. The fraction of sp³-hybridized carbons (Fsp3) is 0.214. The predicted molar refractivity (Wildman–Crippen MR) is 78.6 cm³/mol. The van der Waals surface area contributed by atoms with Crippen molar-refractivity contribution >= 4 is 15.7 Å². The van der Waals surface area contributed by atoms with Gasteiger partial charge in [-0.2, -0.15) is 0 Å². The monoisotopic (exact) mass is 291 g/mol. The van der Waals surface area contributed by atoms with Gasteiger partial charge in [0.15, 0.2) is 0 Å². The van der Waals surface area contributed by atoms with E-state index in [1.54, 1.807) is 31.5 Å². The van der Waals surface area contributed by atoms with Crippen molar-refractivity contribution in [1.29, 1.82) is 0 Å². The molecule has 0 spiro atoms. The van der Waals surface area contributed by atoms with E-state index in [4.69, 9.17) is 5.73 Å². The summed E-state index contributed by atoms with van der Waals surface area (Å²) in [4.78, 5) is 4.16. The molecule has 0 radical (unpaired) electrons. The van der Waals surface area contributed by atoms with Gasteiger partial charge in [0.05, 0.1) is 4.90 Å². The molecule has 2 aromatic rings. The summed E-state index contributed by atoms with van der Waals surface area (Å²) in [5.41, 5.74) is 8.61. The minimum atomic E-state index is -3.59. The van der Waals surface area contributed by atoms with Crippen LogP contribution in [0.3, 0.4) is 0 Å². The van der Waals surface area contributed by atoms with Gasteiger partial charge in [-0.05, 0) is 42.7 Å². The lowest BCUT2D eigenvalue weighted by molar-refractivity contribution is 0.580. The number of aromatic nitrogens is 1. The van der Waals surface area contributed by atoms with Crippen molar-refractivity contribution in [1.82, 2.24) is 9.71 Å². The summed E-state index contributed by atoms with van der Waals surface area (Å²) >= 11 is 0. The molecule has 106 valence electrons. The fourth-order valence-electron chi connectivity index (χ4n) is 1.90. The summed E-state index contributed by atoms with van der Waals surface area (Å²) in [7, 11) is -3.59. The van der Waals surface area contributed by atoms with Gasteiger partial charge in [0, 0.05) is 24.6 Å². The number of rotatable bonds is 4. The molecule has 0 saturated carbocycles. The van der Waals surface area contributed by atoms with E-state index < -0.39 is 10.0 Å². The molecule has 0 unspecified atom stereocenters. The van der Waals surface area contributed by atoms with E-state index in [2.05, 4.69) is 9.71 Å². The van der Waals surface area contributed by atoms with Crippen LogP contribution in [0.4, 0.5) is 5.69 Å². The topological polar surface area (TPSA) is 85.1 Å². The third kappa shape index (κ3) is 3.15. The molecule has 0 atom stereocenters. The van der Waals surface area contributed by atoms with Crippen LogP contribution in [0.2, 0.25) is 0 Å². The first kappa shape index (κ1) is 14.5. The zero-order valence-corrected chi connectivity index (χ0v) is 12.2. The van der Waals surface area contributed by atoms with Gasteiger partial charge >= 0.3 is 0 Å². The summed E-state index contributed by atoms with van der Waals surface area (Å²) in [6, 6.07) is 6.84. The molecule has 0 bridgehead atoms. The molecule has 1 aromatic heterocycles. The lowest BCUT2D eigenvalue weighted by Crippen LogP contribution is -2.24. The van der Waals surface area contributed by atoms with Crippen LogP contribution >= 0.6 is 0 Å². The van der Waals surface area contributed by atoms with Crippen LogP contribution in [0.15, 0.2) is 41.6 Å². The van der Waals surface area contributed by atoms with Crippen molar-refractivity contribution in [3.63, 3.8) is 0 Å². The molecule has 0 saturated heterocycles. The Morgan fingerprint density at radius 2 is 2.00 bits per heavy atom. The Morgan fingerprint density at radius 3 is 2.65 bits per heavy atom. The highest BCUT2D eigenvalue weighted by molar-refractivity contribution is 7.89. The van der Waals surface area contributed by atoms with Crippen molar-refractivity contribution in [2.75, 3.05) is 5.73 Å². The van der Waals surface area contributed by atoms with E-state index in [-0.39, 0.29) is 11.4 Å². The molecule has 20 heavy (non-hydrogen) atoms. The summed E-state index contributed by atoms with van der Waals surface area (Å²) in [5, 5.41) is 0. The maximum atomic E-state index is 12.3. The predicted octanol–water partition coefficient (Wildman–Crippen LogP) is 1.76. The molecule has 5 nitrogen and oxygen atoms in total. The third-order valence-corrected chi connectivity index (χ3v) is 4.59. The van der Waals surface area contributed by atoms with E-state index in [9.17, 15) is 8.42 Å². The Labute approximate surface area is 118 Å². The second-order valence-electron chi connectivity index (χ2n) is 4.66. The van der Waals surface area contributed by atoms with E-state index in [1.807, 2.05) is 13.0 Å². The van der Waals surface area contributed by atoms with E-state index in [1.165, 1.54) is 6.07 Å². The molecule has 6 heteroatoms. The summed E-state index contributed by atoms with van der Waals surface area (Å²) < 4.78 is 27.2. The van der Waals surface area contributed by atoms with Crippen LogP contribution in [0.5, 0.6) is 0 Å². The lowest BCUT2D eigenvalue weighted by Gasteiger charge is -2.11. The number of benzene rings is 1. The quantitative estimate of drug-likeness (QED) is 0.841. The molecule has 2 rings (SSSR count). The molecule has 0 aliphatic rings. The average Bonchev–Trinajstić information content (AvgIpc) is 2.42. The molecular weight excluding hydrogens is 274 g/mol. The van der Waals surface area contributed by atoms with Gasteiger partial charge in [-0.25, -0.2) is 13.1 Å². The number of aryl methyl sites for hydroxylation is 2. The van der Waals surface area contributed by atoms with Crippen molar-refractivity contribution in [2.24, 2.45) is 0 Å². The van der Waals surface area contributed by atoms with Gasteiger partial charge in [-0.3, -0.25) is 4.98 Å². The number of hydrogen-bond acceptors (Lipinski definition) is 4. The maximum absolute atomic E-state index is 12.3. The van der Waals surface area contributed by atoms with Gasteiger partial charge in [0.2, 0.25) is 10.0 Å². The highest BCUT2D eigenvalue weighted by Crippen LogP contribution is 2.22. The van der Waals surface area contributed by atoms with Crippen molar-refractivity contribution in [2.45, 2.75) is 25.3 Å². The number of sulfonamides is 1. The van der Waals surface area contributed by atoms with Gasteiger partial charge in [0.25, 0.3) is 0 Å². The van der Waals surface area contributed by atoms with Gasteiger partial charge in [-0.15, -0.1) is 0 Å². The molecule has 0 fully saturated rings. The second kappa shape index (κ2) is 5.60. The number of anilines is 1. The first-order chi connectivity index (χ1) is 9.40. The highest BCUT2D eigenvalue weighted by atomic mass is 32.2. The zero-order valence-electron chi connectivity index (χ0n) is 11.4. The van der Waals surface area contributed by atoms with E-state index in [0.717, 1.165) is 11.1 Å². The van der Waals surface area contributed by atoms with Crippen LogP contribution < -0.4 is 10.5 Å². The zero-order chi connectivity index (χ0) is 14.8. The number of hydrogen-bond donors (Lipinski definition) is 2. The number of nitrogens with zero attached hydrogens (tertiary/aromatic N) is 1. The van der Waals surface area contributed by atoms with E-state index in [0.29, 0.717) is 11.3 Å². The summed E-state index contributed by atoms with van der Waals surface area (Å²) in [6.07, 6.45) is 3.27. The first-order valence-electron chi connectivity index (χ1n) is 6.15. The smallest absolute Gasteiger partial charge is 0.241 e. The number of nitrogen functional groups attached to an aromatic ring is 1.